The zero-order chi connectivity index (χ0) is 18.8. The monoisotopic (exact) mass is 381 g/mol. The number of H-pyrrole nitrogens is 1. The summed E-state index contributed by atoms with van der Waals surface area (Å²) in [5.74, 6) is 1.32. The van der Waals surface area contributed by atoms with Crippen molar-refractivity contribution < 1.29 is 4.79 Å². The van der Waals surface area contributed by atoms with Gasteiger partial charge in [0.05, 0.1) is 11.5 Å². The topological polar surface area (TPSA) is 82.2 Å². The first-order valence-corrected chi connectivity index (χ1v) is 9.67. The summed E-state index contributed by atoms with van der Waals surface area (Å²) in [7, 11) is 0. The van der Waals surface area contributed by atoms with Gasteiger partial charge in [0, 0.05) is 36.6 Å². The molecular weight excluding hydrogens is 362 g/mol. The van der Waals surface area contributed by atoms with Gasteiger partial charge in [-0.1, -0.05) is 6.92 Å². The molecule has 0 radical (unpaired) electrons. The molecule has 0 saturated carbocycles. The number of carbonyl (C=O) groups excluding carboxylic acids is 1. The lowest BCUT2D eigenvalue weighted by Gasteiger charge is -2.34. The van der Waals surface area contributed by atoms with Gasteiger partial charge >= 0.3 is 0 Å². The average molecular weight is 381 g/mol. The molecule has 0 spiro atoms. The first-order chi connectivity index (χ1) is 13.1. The Balaban J connectivity index is 1.51. The molecule has 0 aromatic carbocycles. The van der Waals surface area contributed by atoms with Crippen molar-refractivity contribution in [1.82, 2.24) is 15.0 Å². The van der Waals surface area contributed by atoms with Crippen LogP contribution in [0.4, 0.5) is 10.8 Å². The minimum absolute atomic E-state index is 0.0659. The summed E-state index contributed by atoms with van der Waals surface area (Å²) in [6.07, 6.45) is 2.38. The third-order valence-electron chi connectivity index (χ3n) is 4.50. The van der Waals surface area contributed by atoms with Crippen LogP contribution in [0.2, 0.25) is 0 Å². The highest BCUT2D eigenvalue weighted by atomic mass is 32.1. The number of aromatic nitrogens is 3. The Bertz CT molecular complexity index is 998. The second-order valence-corrected chi connectivity index (χ2v) is 7.19. The van der Waals surface area contributed by atoms with E-state index in [9.17, 15) is 9.59 Å². The minimum Gasteiger partial charge on any atom is -0.345 e. The van der Waals surface area contributed by atoms with Crippen molar-refractivity contribution in [2.24, 2.45) is 0 Å². The van der Waals surface area contributed by atoms with Gasteiger partial charge in [-0.3, -0.25) is 9.59 Å². The Morgan fingerprint density at radius 1 is 1.22 bits per heavy atom. The first kappa shape index (κ1) is 17.4. The van der Waals surface area contributed by atoms with Crippen LogP contribution in [0.3, 0.4) is 0 Å². The number of pyridine rings is 1. The molecular formula is C19H19N5O2S. The van der Waals surface area contributed by atoms with Crippen molar-refractivity contribution >= 4 is 28.1 Å². The third-order valence-corrected chi connectivity index (χ3v) is 5.39. The number of nitrogens with zero attached hydrogens (tertiary/aromatic N) is 4. The van der Waals surface area contributed by atoms with E-state index < -0.39 is 0 Å². The maximum atomic E-state index is 12.5. The predicted octanol–water partition coefficient (Wildman–Crippen LogP) is 2.31. The molecule has 3 aromatic rings. The summed E-state index contributed by atoms with van der Waals surface area (Å²) in [4.78, 5) is 39.7. The van der Waals surface area contributed by atoms with Crippen LogP contribution < -0.4 is 15.4 Å². The van der Waals surface area contributed by atoms with Gasteiger partial charge < -0.3 is 14.8 Å². The normalized spacial score (nSPS) is 14.6. The lowest BCUT2D eigenvalue weighted by atomic mass is 10.2. The van der Waals surface area contributed by atoms with Crippen LogP contribution >= 0.6 is 11.3 Å². The Kier molecular flexibility index (Phi) is 4.72. The molecule has 1 fully saturated rings. The Morgan fingerprint density at radius 3 is 2.78 bits per heavy atom. The smallest absolute Gasteiger partial charge is 0.251 e. The quantitative estimate of drug-likeness (QED) is 0.750. The molecule has 4 rings (SSSR count). The number of hydrogen-bond acceptors (Lipinski definition) is 6. The Morgan fingerprint density at radius 2 is 2.11 bits per heavy atom. The summed E-state index contributed by atoms with van der Waals surface area (Å²) in [5.41, 5.74) is 1.32. The largest absolute Gasteiger partial charge is 0.345 e. The van der Waals surface area contributed by atoms with Crippen molar-refractivity contribution in [1.29, 1.82) is 0 Å². The van der Waals surface area contributed by atoms with Crippen LogP contribution in [0.25, 0.3) is 11.4 Å². The summed E-state index contributed by atoms with van der Waals surface area (Å²) < 4.78 is 0. The highest BCUT2D eigenvalue weighted by molar-refractivity contribution is 7.14. The lowest BCUT2D eigenvalue weighted by Crippen LogP contribution is -2.50. The van der Waals surface area contributed by atoms with E-state index in [0.29, 0.717) is 25.3 Å². The summed E-state index contributed by atoms with van der Waals surface area (Å²) in [6, 6.07) is 9.15. The second kappa shape index (κ2) is 7.32. The van der Waals surface area contributed by atoms with Gasteiger partial charge in [-0.15, -0.1) is 11.3 Å². The number of anilines is 2. The highest BCUT2D eigenvalue weighted by Crippen LogP contribution is 2.25. The zero-order valence-electron chi connectivity index (χ0n) is 14.9. The summed E-state index contributed by atoms with van der Waals surface area (Å²) in [6.45, 7) is 3.61. The van der Waals surface area contributed by atoms with Crippen molar-refractivity contribution in [3.05, 3.63) is 58.0 Å². The van der Waals surface area contributed by atoms with Gasteiger partial charge in [-0.05, 0) is 36.1 Å². The molecule has 1 aliphatic heterocycles. The fraction of sp³-hybridized carbons (Fsp3) is 0.263. The van der Waals surface area contributed by atoms with E-state index in [1.807, 2.05) is 46.4 Å². The molecule has 3 aromatic heterocycles. The molecule has 27 heavy (non-hydrogen) atoms. The number of amides is 1. The number of carbonyl (C=O) groups is 1. The number of nitrogens with one attached hydrogen (secondary N) is 1. The molecule has 8 heteroatoms. The number of aromatic amines is 1. The number of rotatable bonds is 4. The van der Waals surface area contributed by atoms with E-state index in [-0.39, 0.29) is 11.5 Å². The van der Waals surface area contributed by atoms with Crippen LogP contribution in [-0.2, 0) is 11.2 Å². The number of thiophene rings is 1. The van der Waals surface area contributed by atoms with Crippen molar-refractivity contribution in [3.8, 4) is 11.4 Å². The van der Waals surface area contributed by atoms with E-state index in [0.717, 1.165) is 28.6 Å². The third kappa shape index (κ3) is 3.61. The molecule has 4 heterocycles. The van der Waals surface area contributed by atoms with E-state index in [1.54, 1.807) is 17.5 Å². The molecule has 1 saturated heterocycles. The van der Waals surface area contributed by atoms with Gasteiger partial charge in [-0.2, -0.15) is 0 Å². The SMILES string of the molecule is CCc1cc(=O)[nH]c(-c2ccc(N3CCN(c4cccs4)C(=O)C3)nc2)n1. The van der Waals surface area contributed by atoms with E-state index >= 15 is 0 Å². The fourth-order valence-electron chi connectivity index (χ4n) is 3.06. The number of aryl methyl sites for hydroxylation is 1. The molecule has 1 amide bonds. The lowest BCUT2D eigenvalue weighted by molar-refractivity contribution is -0.117. The van der Waals surface area contributed by atoms with Crippen LogP contribution in [0.1, 0.15) is 12.6 Å². The van der Waals surface area contributed by atoms with Gasteiger partial charge in [0.15, 0.2) is 0 Å². The highest BCUT2D eigenvalue weighted by Gasteiger charge is 2.26. The van der Waals surface area contributed by atoms with Crippen LogP contribution in [0, 0.1) is 0 Å². The molecule has 0 atom stereocenters. The molecule has 0 unspecified atom stereocenters. The molecule has 7 nitrogen and oxygen atoms in total. The van der Waals surface area contributed by atoms with Gasteiger partial charge in [-0.25, -0.2) is 9.97 Å². The molecule has 1 aliphatic rings. The van der Waals surface area contributed by atoms with Crippen molar-refractivity contribution in [2.75, 3.05) is 29.4 Å². The predicted molar refractivity (Wildman–Crippen MR) is 106 cm³/mol. The van der Waals surface area contributed by atoms with E-state index in [2.05, 4.69) is 15.0 Å². The van der Waals surface area contributed by atoms with Gasteiger partial charge in [0.1, 0.15) is 11.6 Å². The Hall–Kier alpha value is -3.00. The minimum atomic E-state index is -0.170. The van der Waals surface area contributed by atoms with Crippen LogP contribution in [-0.4, -0.2) is 40.5 Å². The maximum absolute atomic E-state index is 12.5. The molecule has 0 bridgehead atoms. The zero-order valence-corrected chi connectivity index (χ0v) is 15.7. The van der Waals surface area contributed by atoms with Crippen molar-refractivity contribution in [3.63, 3.8) is 0 Å². The first-order valence-electron chi connectivity index (χ1n) is 8.79. The summed E-state index contributed by atoms with van der Waals surface area (Å²) in [5, 5.41) is 2.95. The molecule has 138 valence electrons. The van der Waals surface area contributed by atoms with Gasteiger partial charge in [0.25, 0.3) is 5.56 Å². The maximum Gasteiger partial charge on any atom is 0.251 e. The van der Waals surface area contributed by atoms with Crippen LogP contribution in [0.5, 0.6) is 0 Å². The summed E-state index contributed by atoms with van der Waals surface area (Å²) >= 11 is 1.57. The fourth-order valence-corrected chi connectivity index (χ4v) is 3.84. The van der Waals surface area contributed by atoms with E-state index in [4.69, 9.17) is 0 Å². The van der Waals surface area contributed by atoms with Gasteiger partial charge in [0.2, 0.25) is 5.91 Å². The molecule has 0 aliphatic carbocycles. The Labute approximate surface area is 160 Å². The number of hydrogen-bond donors (Lipinski definition) is 1. The second-order valence-electron chi connectivity index (χ2n) is 6.26. The van der Waals surface area contributed by atoms with Crippen molar-refractivity contribution in [2.45, 2.75) is 13.3 Å². The molecule has 1 N–H and O–H groups in total. The van der Waals surface area contributed by atoms with E-state index in [1.165, 1.54) is 6.07 Å². The van der Waals surface area contributed by atoms with Crippen LogP contribution in [0.15, 0.2) is 46.7 Å². The average Bonchev–Trinajstić information content (AvgIpc) is 3.22. The number of piperazine rings is 1. The standard InChI is InChI=1S/C19H19N5O2S/c1-2-14-10-16(25)22-19(21-14)13-5-6-15(20-11-13)23-7-8-24(17(26)12-23)18-4-3-9-27-18/h3-6,9-11H,2,7-8,12H2,1H3,(H,21,22,25).